The normalized spacial score (nSPS) is 20.2. The highest BCUT2D eigenvalue weighted by Crippen LogP contribution is 2.33. The standard InChI is InChI=1S/C18H19ClN4O3/c1-25-15-8-12(19)6-11-7-16(26-17(11)15)18(24)22-13-2-4-14(5-3-13)23-10-20-9-21-23/h6-10,13-14H,2-5H2,1H3,(H,22,24). The number of hydrogen-bond donors (Lipinski definition) is 1. The molecule has 1 N–H and O–H groups in total. The van der Waals surface area contributed by atoms with E-state index in [9.17, 15) is 4.79 Å². The zero-order valence-electron chi connectivity index (χ0n) is 14.3. The van der Waals surface area contributed by atoms with E-state index in [-0.39, 0.29) is 17.7 Å². The van der Waals surface area contributed by atoms with Crippen LogP contribution in [0.25, 0.3) is 11.0 Å². The molecule has 0 saturated heterocycles. The van der Waals surface area contributed by atoms with Gasteiger partial charge in [0, 0.05) is 22.5 Å². The smallest absolute Gasteiger partial charge is 0.287 e. The number of furan rings is 1. The van der Waals surface area contributed by atoms with Crippen LogP contribution in [0.3, 0.4) is 0 Å². The van der Waals surface area contributed by atoms with Gasteiger partial charge in [-0.15, -0.1) is 0 Å². The second-order valence-corrected chi connectivity index (χ2v) is 6.93. The van der Waals surface area contributed by atoms with Gasteiger partial charge in [-0.1, -0.05) is 11.6 Å². The minimum Gasteiger partial charge on any atom is -0.493 e. The van der Waals surface area contributed by atoms with Gasteiger partial charge in [-0.05, 0) is 37.8 Å². The van der Waals surface area contributed by atoms with Crippen molar-refractivity contribution in [2.75, 3.05) is 7.11 Å². The molecular weight excluding hydrogens is 356 g/mol. The molecule has 0 bridgehead atoms. The number of amides is 1. The maximum atomic E-state index is 12.6. The number of rotatable bonds is 4. The molecule has 1 amide bonds. The number of aromatic nitrogens is 3. The van der Waals surface area contributed by atoms with Gasteiger partial charge in [-0.3, -0.25) is 4.79 Å². The number of methoxy groups -OCH3 is 1. The molecule has 7 nitrogen and oxygen atoms in total. The third kappa shape index (κ3) is 3.26. The second-order valence-electron chi connectivity index (χ2n) is 6.49. The fourth-order valence-corrected chi connectivity index (χ4v) is 3.71. The van der Waals surface area contributed by atoms with Crippen LogP contribution in [-0.2, 0) is 0 Å². The summed E-state index contributed by atoms with van der Waals surface area (Å²) < 4.78 is 12.9. The monoisotopic (exact) mass is 374 g/mol. The van der Waals surface area contributed by atoms with E-state index in [2.05, 4.69) is 15.4 Å². The van der Waals surface area contributed by atoms with Gasteiger partial charge < -0.3 is 14.5 Å². The largest absolute Gasteiger partial charge is 0.493 e. The van der Waals surface area contributed by atoms with Crippen LogP contribution in [0.1, 0.15) is 42.3 Å². The van der Waals surface area contributed by atoms with Crippen LogP contribution >= 0.6 is 11.6 Å². The van der Waals surface area contributed by atoms with E-state index in [0.29, 0.717) is 22.4 Å². The molecule has 1 saturated carbocycles. The third-order valence-corrected chi connectivity index (χ3v) is 5.05. The predicted molar refractivity (Wildman–Crippen MR) is 96.6 cm³/mol. The molecule has 136 valence electrons. The van der Waals surface area contributed by atoms with E-state index in [1.165, 1.54) is 0 Å². The number of benzene rings is 1. The van der Waals surface area contributed by atoms with Crippen LogP contribution in [0, 0.1) is 0 Å². The molecule has 1 aromatic carbocycles. The number of nitrogens with zero attached hydrogens (tertiary/aromatic N) is 3. The van der Waals surface area contributed by atoms with Crippen molar-refractivity contribution in [1.29, 1.82) is 0 Å². The van der Waals surface area contributed by atoms with E-state index in [1.807, 2.05) is 4.68 Å². The Kier molecular flexibility index (Phi) is 4.55. The zero-order chi connectivity index (χ0) is 18.1. The molecule has 1 aliphatic rings. The Morgan fingerprint density at radius 1 is 1.31 bits per heavy atom. The second kappa shape index (κ2) is 6.99. The number of fused-ring (bicyclic) bond motifs is 1. The summed E-state index contributed by atoms with van der Waals surface area (Å²) in [7, 11) is 1.54. The van der Waals surface area contributed by atoms with Crippen LogP contribution in [0.4, 0.5) is 0 Å². The highest BCUT2D eigenvalue weighted by Gasteiger charge is 2.25. The van der Waals surface area contributed by atoms with Crippen molar-refractivity contribution in [3.63, 3.8) is 0 Å². The van der Waals surface area contributed by atoms with Gasteiger partial charge in [0.2, 0.25) is 0 Å². The summed E-state index contributed by atoms with van der Waals surface area (Å²) >= 11 is 6.07. The number of hydrogen-bond acceptors (Lipinski definition) is 5. The average molecular weight is 375 g/mol. The number of ether oxygens (including phenoxy) is 1. The van der Waals surface area contributed by atoms with Crippen LogP contribution in [-0.4, -0.2) is 33.8 Å². The maximum Gasteiger partial charge on any atom is 0.287 e. The Hall–Kier alpha value is -2.54. The molecule has 0 atom stereocenters. The molecule has 1 aliphatic carbocycles. The summed E-state index contributed by atoms with van der Waals surface area (Å²) in [6.45, 7) is 0. The maximum absolute atomic E-state index is 12.6. The highest BCUT2D eigenvalue weighted by atomic mass is 35.5. The molecule has 1 fully saturated rings. The van der Waals surface area contributed by atoms with E-state index in [0.717, 1.165) is 31.1 Å². The molecule has 3 aromatic rings. The van der Waals surface area contributed by atoms with E-state index < -0.39 is 0 Å². The van der Waals surface area contributed by atoms with Crippen LogP contribution in [0.15, 0.2) is 35.3 Å². The van der Waals surface area contributed by atoms with Crippen molar-refractivity contribution in [1.82, 2.24) is 20.1 Å². The molecule has 26 heavy (non-hydrogen) atoms. The van der Waals surface area contributed by atoms with Gasteiger partial charge in [0.25, 0.3) is 5.91 Å². The molecule has 2 aromatic heterocycles. The third-order valence-electron chi connectivity index (χ3n) is 4.83. The average Bonchev–Trinajstić information content (AvgIpc) is 3.31. The van der Waals surface area contributed by atoms with Gasteiger partial charge in [-0.2, -0.15) is 5.10 Å². The topological polar surface area (TPSA) is 82.2 Å². The van der Waals surface area contributed by atoms with Crippen molar-refractivity contribution in [3.05, 3.63) is 41.6 Å². The van der Waals surface area contributed by atoms with Crippen LogP contribution < -0.4 is 10.1 Å². The summed E-state index contributed by atoms with van der Waals surface area (Å²) in [4.78, 5) is 16.6. The lowest BCUT2D eigenvalue weighted by atomic mass is 9.91. The molecule has 2 heterocycles. The number of halogens is 1. The molecule has 0 aliphatic heterocycles. The first-order chi connectivity index (χ1) is 12.6. The van der Waals surface area contributed by atoms with Crippen molar-refractivity contribution >= 4 is 28.5 Å². The van der Waals surface area contributed by atoms with E-state index in [1.54, 1.807) is 38.0 Å². The number of nitrogens with one attached hydrogen (secondary N) is 1. The molecule has 0 spiro atoms. The molecule has 8 heteroatoms. The number of carbonyl (C=O) groups excluding carboxylic acids is 1. The fraction of sp³-hybridized carbons (Fsp3) is 0.389. The van der Waals surface area contributed by atoms with Crippen LogP contribution in [0.5, 0.6) is 5.75 Å². The SMILES string of the molecule is COc1cc(Cl)cc2cc(C(=O)NC3CCC(n4cncn4)CC3)oc12. The Balaban J connectivity index is 1.43. The molecule has 0 radical (unpaired) electrons. The first-order valence-electron chi connectivity index (χ1n) is 8.56. The number of carbonyl (C=O) groups is 1. The molecular formula is C18H19ClN4O3. The zero-order valence-corrected chi connectivity index (χ0v) is 15.1. The van der Waals surface area contributed by atoms with Gasteiger partial charge >= 0.3 is 0 Å². The highest BCUT2D eigenvalue weighted by molar-refractivity contribution is 6.31. The summed E-state index contributed by atoms with van der Waals surface area (Å²) in [6, 6.07) is 5.59. The first kappa shape index (κ1) is 16.9. The summed E-state index contributed by atoms with van der Waals surface area (Å²) in [5.41, 5.74) is 0.525. The predicted octanol–water partition coefficient (Wildman–Crippen LogP) is 3.60. The van der Waals surface area contributed by atoms with Crippen molar-refractivity contribution < 1.29 is 13.9 Å². The minimum atomic E-state index is -0.219. The lowest BCUT2D eigenvalue weighted by molar-refractivity contribution is 0.0895. The molecule has 4 rings (SSSR count). The lowest BCUT2D eigenvalue weighted by Gasteiger charge is -2.28. The molecule has 0 unspecified atom stereocenters. The summed E-state index contributed by atoms with van der Waals surface area (Å²) in [5, 5.41) is 8.54. The van der Waals surface area contributed by atoms with Crippen molar-refractivity contribution in [2.45, 2.75) is 37.8 Å². The van der Waals surface area contributed by atoms with Crippen LogP contribution in [0.2, 0.25) is 5.02 Å². The van der Waals surface area contributed by atoms with Crippen molar-refractivity contribution in [3.8, 4) is 5.75 Å². The Morgan fingerprint density at radius 2 is 2.12 bits per heavy atom. The van der Waals surface area contributed by atoms with Gasteiger partial charge in [0.15, 0.2) is 17.1 Å². The fourth-order valence-electron chi connectivity index (χ4n) is 3.50. The van der Waals surface area contributed by atoms with Gasteiger partial charge in [0.05, 0.1) is 13.2 Å². The van der Waals surface area contributed by atoms with Crippen molar-refractivity contribution in [2.24, 2.45) is 0 Å². The van der Waals surface area contributed by atoms with E-state index >= 15 is 0 Å². The Bertz CT molecular complexity index is 914. The van der Waals surface area contributed by atoms with Gasteiger partial charge in [0.1, 0.15) is 12.7 Å². The summed E-state index contributed by atoms with van der Waals surface area (Å²) in [5.74, 6) is 0.558. The Morgan fingerprint density at radius 3 is 2.81 bits per heavy atom. The Labute approximate surface area is 155 Å². The first-order valence-corrected chi connectivity index (χ1v) is 8.94. The van der Waals surface area contributed by atoms with Gasteiger partial charge in [-0.25, -0.2) is 9.67 Å². The van der Waals surface area contributed by atoms with E-state index in [4.69, 9.17) is 20.8 Å². The summed E-state index contributed by atoms with van der Waals surface area (Å²) in [6.07, 6.45) is 7.00. The quantitative estimate of drug-likeness (QED) is 0.754. The lowest BCUT2D eigenvalue weighted by Crippen LogP contribution is -2.37. The minimum absolute atomic E-state index is 0.126.